The molecule has 0 bridgehead atoms. The van der Waals surface area contributed by atoms with E-state index in [1.54, 1.807) is 0 Å². The van der Waals surface area contributed by atoms with Gasteiger partial charge in [0.2, 0.25) is 0 Å². The Labute approximate surface area is 49.0 Å². The molecule has 0 aromatic rings. The SMILES string of the molecule is [SiH3]C=CC[Te]. The quantitative estimate of drug-likeness (QED) is 0.497. The second kappa shape index (κ2) is 4.75. The maximum absolute atomic E-state index is 2.20. The van der Waals surface area contributed by atoms with Gasteiger partial charge in [-0.1, -0.05) is 0 Å². The minimum absolute atomic E-state index is 1.21. The summed E-state index contributed by atoms with van der Waals surface area (Å²) in [6.45, 7) is 0. The van der Waals surface area contributed by atoms with Gasteiger partial charge in [-0.15, -0.1) is 0 Å². The van der Waals surface area contributed by atoms with Crippen molar-refractivity contribution in [1.82, 2.24) is 0 Å². The normalized spacial score (nSPS) is 10.6. The van der Waals surface area contributed by atoms with E-state index >= 15 is 0 Å². The van der Waals surface area contributed by atoms with Gasteiger partial charge >= 0.3 is 48.8 Å². The summed E-state index contributed by atoms with van der Waals surface area (Å²) in [5, 5.41) is 0. The second-order valence-corrected chi connectivity index (χ2v) is 2.35. The molecule has 0 N–H and O–H groups in total. The first-order valence-corrected chi connectivity index (χ1v) is 4.41. The molecule has 0 aliphatic heterocycles. The molecule has 0 saturated carbocycles. The Balaban J connectivity index is 2.62. The summed E-state index contributed by atoms with van der Waals surface area (Å²) < 4.78 is 1.21. The molecule has 0 rings (SSSR count). The number of hydrogen-bond donors (Lipinski definition) is 0. The maximum atomic E-state index is 2.20. The van der Waals surface area contributed by atoms with Crippen LogP contribution in [0.2, 0.25) is 4.47 Å². The van der Waals surface area contributed by atoms with Crippen LogP contribution in [0, 0.1) is 0 Å². The minimum atomic E-state index is 1.21. The van der Waals surface area contributed by atoms with Gasteiger partial charge in [0.15, 0.2) is 0 Å². The van der Waals surface area contributed by atoms with Crippen molar-refractivity contribution in [3.8, 4) is 0 Å². The standard InChI is InChI=1S/C3H7SiTe/c4-2-1-3-5/h1-2H,3H2,4H3. The van der Waals surface area contributed by atoms with Crippen LogP contribution in [0.25, 0.3) is 0 Å². The molecular weight excluding hydrogens is 192 g/mol. The van der Waals surface area contributed by atoms with Gasteiger partial charge in [-0.05, 0) is 0 Å². The molecule has 0 fully saturated rings. The zero-order valence-electron chi connectivity index (χ0n) is 3.27. The van der Waals surface area contributed by atoms with Gasteiger partial charge < -0.3 is 0 Å². The van der Waals surface area contributed by atoms with E-state index in [1.807, 2.05) is 0 Å². The van der Waals surface area contributed by atoms with Gasteiger partial charge in [0.1, 0.15) is 0 Å². The first-order valence-electron chi connectivity index (χ1n) is 1.61. The third kappa shape index (κ3) is 4.75. The fourth-order valence-electron chi connectivity index (χ4n) is 0.0962. The number of rotatable bonds is 1. The van der Waals surface area contributed by atoms with Gasteiger partial charge in [0, 0.05) is 0 Å². The molecule has 0 nitrogen and oxygen atoms in total. The fourth-order valence-corrected chi connectivity index (χ4v) is 1.94. The third-order valence-corrected chi connectivity index (χ3v) is 1.35. The summed E-state index contributed by atoms with van der Waals surface area (Å²) in [5.41, 5.74) is 2.20. The average molecular weight is 199 g/mol. The van der Waals surface area contributed by atoms with Crippen molar-refractivity contribution in [1.29, 1.82) is 0 Å². The van der Waals surface area contributed by atoms with E-state index in [9.17, 15) is 0 Å². The molecule has 0 aromatic carbocycles. The van der Waals surface area contributed by atoms with Crippen molar-refractivity contribution in [3.63, 3.8) is 0 Å². The zero-order valence-corrected chi connectivity index (χ0v) is 7.60. The van der Waals surface area contributed by atoms with Crippen LogP contribution in [0.1, 0.15) is 0 Å². The predicted molar refractivity (Wildman–Crippen MR) is 29.6 cm³/mol. The number of hydrogen-bond acceptors (Lipinski definition) is 0. The molecule has 0 aliphatic rings. The predicted octanol–water partition coefficient (Wildman–Crippen LogP) is -0.548. The van der Waals surface area contributed by atoms with E-state index in [2.05, 4.69) is 34.1 Å². The Morgan fingerprint density at radius 2 is 2.40 bits per heavy atom. The van der Waals surface area contributed by atoms with Crippen molar-refractivity contribution in [2.75, 3.05) is 0 Å². The van der Waals surface area contributed by atoms with Gasteiger partial charge in [0.05, 0.1) is 0 Å². The zero-order chi connectivity index (χ0) is 4.12. The number of allylic oxidation sites excluding steroid dienone is 1. The van der Waals surface area contributed by atoms with Crippen molar-refractivity contribution >= 4 is 32.5 Å². The van der Waals surface area contributed by atoms with Crippen LogP contribution in [0.3, 0.4) is 0 Å². The van der Waals surface area contributed by atoms with Crippen LogP contribution < -0.4 is 0 Å². The van der Waals surface area contributed by atoms with Gasteiger partial charge in [-0.3, -0.25) is 0 Å². The van der Waals surface area contributed by atoms with Crippen LogP contribution in [0.4, 0.5) is 0 Å². The van der Waals surface area contributed by atoms with E-state index in [-0.39, 0.29) is 0 Å². The molecule has 0 amide bonds. The summed E-state index contributed by atoms with van der Waals surface area (Å²) in [7, 11) is 1.22. The Kier molecular flexibility index (Phi) is 5.46. The van der Waals surface area contributed by atoms with Crippen molar-refractivity contribution in [2.24, 2.45) is 0 Å². The van der Waals surface area contributed by atoms with Crippen LogP contribution in [-0.4, -0.2) is 32.5 Å². The van der Waals surface area contributed by atoms with Gasteiger partial charge in [0.25, 0.3) is 0 Å². The monoisotopic (exact) mass is 201 g/mol. The third-order valence-electron chi connectivity index (χ3n) is 0.332. The van der Waals surface area contributed by atoms with Crippen LogP contribution in [0.15, 0.2) is 11.8 Å². The van der Waals surface area contributed by atoms with Crippen molar-refractivity contribution in [2.45, 2.75) is 4.47 Å². The fraction of sp³-hybridized carbons (Fsp3) is 0.333. The molecule has 5 heavy (non-hydrogen) atoms. The molecule has 2 heteroatoms. The van der Waals surface area contributed by atoms with Crippen LogP contribution >= 0.6 is 0 Å². The van der Waals surface area contributed by atoms with Crippen molar-refractivity contribution < 1.29 is 0 Å². The van der Waals surface area contributed by atoms with E-state index in [0.29, 0.717) is 0 Å². The Morgan fingerprint density at radius 1 is 1.80 bits per heavy atom. The Hall–Kier alpha value is 0.746. The molecule has 1 radical (unpaired) electrons. The molecular formula is C3H7SiTe. The first kappa shape index (κ1) is 5.75. The van der Waals surface area contributed by atoms with E-state index in [1.165, 1.54) is 14.7 Å². The van der Waals surface area contributed by atoms with Gasteiger partial charge in [-0.25, -0.2) is 0 Å². The Morgan fingerprint density at radius 3 is 2.40 bits per heavy atom. The molecule has 0 aliphatic carbocycles. The van der Waals surface area contributed by atoms with E-state index in [4.69, 9.17) is 0 Å². The summed E-state index contributed by atoms with van der Waals surface area (Å²) in [6.07, 6.45) is 2.19. The average Bonchev–Trinajstić information content (AvgIpc) is 1.41. The van der Waals surface area contributed by atoms with Crippen LogP contribution in [-0.2, 0) is 0 Å². The summed E-state index contributed by atoms with van der Waals surface area (Å²) in [5.74, 6) is 0. The second-order valence-electron chi connectivity index (χ2n) is 0.736. The summed E-state index contributed by atoms with van der Waals surface area (Å²) >= 11 is 2.09. The molecule has 0 spiro atoms. The molecule has 0 saturated heterocycles. The van der Waals surface area contributed by atoms with Gasteiger partial charge in [-0.2, -0.15) is 0 Å². The van der Waals surface area contributed by atoms with E-state index in [0.717, 1.165) is 0 Å². The Bertz CT molecular complexity index is 33.9. The topological polar surface area (TPSA) is 0 Å². The molecule has 0 aromatic heterocycles. The first-order chi connectivity index (χ1) is 2.41. The summed E-state index contributed by atoms with van der Waals surface area (Å²) in [6, 6.07) is 0. The molecule has 0 atom stereocenters. The van der Waals surface area contributed by atoms with E-state index < -0.39 is 0 Å². The van der Waals surface area contributed by atoms with Crippen LogP contribution in [0.5, 0.6) is 0 Å². The molecule has 29 valence electrons. The molecule has 0 unspecified atom stereocenters. The van der Waals surface area contributed by atoms with Crippen molar-refractivity contribution in [3.05, 3.63) is 11.8 Å². The summed E-state index contributed by atoms with van der Waals surface area (Å²) in [4.78, 5) is 0. The molecule has 0 heterocycles.